The van der Waals surface area contributed by atoms with Gasteiger partial charge in [0, 0.05) is 14.1 Å². The second-order valence-electron chi connectivity index (χ2n) is 3.14. The van der Waals surface area contributed by atoms with Crippen LogP contribution in [0.25, 0.3) is 0 Å². The first kappa shape index (κ1) is 10.4. The van der Waals surface area contributed by atoms with Gasteiger partial charge in [-0.05, 0) is 5.92 Å². The van der Waals surface area contributed by atoms with Crippen molar-refractivity contribution in [2.24, 2.45) is 11.7 Å². The van der Waals surface area contributed by atoms with Crippen molar-refractivity contribution in [3.63, 3.8) is 0 Å². The molecule has 0 rings (SSSR count). The molecule has 0 radical (unpaired) electrons. The van der Waals surface area contributed by atoms with E-state index in [9.17, 15) is 4.79 Å². The van der Waals surface area contributed by atoms with E-state index in [1.807, 2.05) is 13.8 Å². The predicted molar refractivity (Wildman–Crippen MR) is 44.6 cm³/mol. The number of carbonyl (C=O) groups excluding carboxylic acids is 1. The highest BCUT2D eigenvalue weighted by Crippen LogP contribution is 1.97. The molecule has 1 amide bonds. The molecule has 0 aromatic rings. The van der Waals surface area contributed by atoms with Gasteiger partial charge in [0.25, 0.3) is 5.91 Å². The molecule has 0 aliphatic heterocycles. The Morgan fingerprint density at radius 1 is 1.45 bits per heavy atom. The molecule has 0 fully saturated rings. The van der Waals surface area contributed by atoms with Gasteiger partial charge in [0.1, 0.15) is 0 Å². The van der Waals surface area contributed by atoms with E-state index >= 15 is 0 Å². The van der Waals surface area contributed by atoms with E-state index in [2.05, 4.69) is 5.43 Å². The second-order valence-corrected chi connectivity index (χ2v) is 3.14. The Labute approximate surface area is 67.7 Å². The molecule has 0 spiro atoms. The lowest BCUT2D eigenvalue weighted by atomic mass is 10.1. The van der Waals surface area contributed by atoms with E-state index in [1.54, 1.807) is 19.1 Å². The van der Waals surface area contributed by atoms with Crippen LogP contribution in [0.4, 0.5) is 0 Å². The number of hydrazine groups is 1. The lowest BCUT2D eigenvalue weighted by Gasteiger charge is -2.18. The Morgan fingerprint density at radius 3 is 2.18 bits per heavy atom. The molecule has 4 nitrogen and oxygen atoms in total. The quantitative estimate of drug-likeness (QED) is 0.549. The highest BCUT2D eigenvalue weighted by atomic mass is 16.2. The Morgan fingerprint density at radius 2 is 1.91 bits per heavy atom. The van der Waals surface area contributed by atoms with Crippen LogP contribution in [0.2, 0.25) is 0 Å². The van der Waals surface area contributed by atoms with Gasteiger partial charge >= 0.3 is 0 Å². The lowest BCUT2D eigenvalue weighted by Crippen LogP contribution is -2.48. The van der Waals surface area contributed by atoms with E-state index in [0.29, 0.717) is 0 Å². The van der Waals surface area contributed by atoms with Crippen molar-refractivity contribution in [3.8, 4) is 0 Å². The number of nitrogens with one attached hydrogen (secondary N) is 1. The fourth-order valence-corrected chi connectivity index (χ4v) is 0.598. The monoisotopic (exact) mass is 159 g/mol. The van der Waals surface area contributed by atoms with Crippen LogP contribution in [0.1, 0.15) is 13.8 Å². The van der Waals surface area contributed by atoms with Gasteiger partial charge < -0.3 is 5.73 Å². The van der Waals surface area contributed by atoms with Crippen LogP contribution >= 0.6 is 0 Å². The molecular weight excluding hydrogens is 142 g/mol. The predicted octanol–water partition coefficient (Wildman–Crippen LogP) is -0.437. The molecule has 0 bridgehead atoms. The number of carbonyl (C=O) groups is 1. The fourth-order valence-electron chi connectivity index (χ4n) is 0.598. The lowest BCUT2D eigenvalue weighted by molar-refractivity contribution is -0.127. The summed E-state index contributed by atoms with van der Waals surface area (Å²) in [6.45, 7) is 3.83. The summed E-state index contributed by atoms with van der Waals surface area (Å²) >= 11 is 0. The van der Waals surface area contributed by atoms with Gasteiger partial charge in [0.15, 0.2) is 0 Å². The van der Waals surface area contributed by atoms with Gasteiger partial charge in [-0.25, -0.2) is 5.01 Å². The minimum atomic E-state index is -0.419. The molecule has 0 unspecified atom stereocenters. The van der Waals surface area contributed by atoms with Crippen LogP contribution < -0.4 is 11.2 Å². The third-order valence-electron chi connectivity index (χ3n) is 1.35. The molecule has 0 heterocycles. The Hall–Kier alpha value is -0.610. The van der Waals surface area contributed by atoms with E-state index in [1.165, 1.54) is 0 Å². The maximum Gasteiger partial charge on any atom is 0.251 e. The van der Waals surface area contributed by atoms with Gasteiger partial charge in [0.2, 0.25) is 0 Å². The third kappa shape index (κ3) is 3.95. The molecule has 3 N–H and O–H groups in total. The summed E-state index contributed by atoms with van der Waals surface area (Å²) in [7, 11) is 3.51. The van der Waals surface area contributed by atoms with Gasteiger partial charge in [-0.2, -0.15) is 0 Å². The number of hydrogen-bond acceptors (Lipinski definition) is 3. The Kier molecular flexibility index (Phi) is 4.07. The summed E-state index contributed by atoms with van der Waals surface area (Å²) < 4.78 is 0. The Bertz CT molecular complexity index is 134. The van der Waals surface area contributed by atoms with Crippen LogP contribution in [0.15, 0.2) is 0 Å². The highest BCUT2D eigenvalue weighted by Gasteiger charge is 2.16. The van der Waals surface area contributed by atoms with Crippen molar-refractivity contribution < 1.29 is 4.79 Å². The fraction of sp³-hybridized carbons (Fsp3) is 0.857. The van der Waals surface area contributed by atoms with Gasteiger partial charge in [-0.3, -0.25) is 10.2 Å². The largest absolute Gasteiger partial charge is 0.320 e. The number of nitrogens with two attached hydrogens (primary N) is 1. The maximum atomic E-state index is 11.1. The first-order valence-corrected chi connectivity index (χ1v) is 3.68. The standard InChI is InChI=1S/C7H17N3O/c1-5(2)6(8)7(11)9-10(3)4/h5-6H,8H2,1-4H3,(H,9,11)/t6-/m1/s1. The zero-order valence-corrected chi connectivity index (χ0v) is 7.59. The van der Waals surface area contributed by atoms with Crippen molar-refractivity contribution >= 4 is 5.91 Å². The summed E-state index contributed by atoms with van der Waals surface area (Å²) in [6, 6.07) is -0.419. The summed E-state index contributed by atoms with van der Waals surface area (Å²) in [5, 5.41) is 1.59. The second kappa shape index (κ2) is 4.31. The topological polar surface area (TPSA) is 58.4 Å². The summed E-state index contributed by atoms with van der Waals surface area (Å²) in [5.41, 5.74) is 8.16. The van der Waals surface area contributed by atoms with Crippen LogP contribution in [0, 0.1) is 5.92 Å². The van der Waals surface area contributed by atoms with Crippen molar-refractivity contribution in [1.82, 2.24) is 10.4 Å². The Balaban J connectivity index is 3.83. The van der Waals surface area contributed by atoms with Crippen LogP contribution in [-0.2, 0) is 4.79 Å². The molecule has 0 saturated heterocycles. The normalized spacial score (nSPS) is 13.7. The SMILES string of the molecule is CC(C)[C@@H](N)C(=O)NN(C)C. The first-order chi connectivity index (χ1) is 4.95. The van der Waals surface area contributed by atoms with Crippen molar-refractivity contribution in [2.45, 2.75) is 19.9 Å². The molecule has 66 valence electrons. The minimum Gasteiger partial charge on any atom is -0.320 e. The molecule has 0 aromatic carbocycles. The number of hydrogen-bond donors (Lipinski definition) is 2. The summed E-state index contributed by atoms with van der Waals surface area (Å²) in [4.78, 5) is 11.1. The molecule has 0 aliphatic carbocycles. The molecule has 0 aromatic heterocycles. The van der Waals surface area contributed by atoms with Gasteiger partial charge in [0.05, 0.1) is 6.04 Å². The molecule has 0 saturated carbocycles. The molecular formula is C7H17N3O. The van der Waals surface area contributed by atoms with E-state index in [-0.39, 0.29) is 11.8 Å². The summed E-state index contributed by atoms with van der Waals surface area (Å²) in [6.07, 6.45) is 0. The third-order valence-corrected chi connectivity index (χ3v) is 1.35. The minimum absolute atomic E-state index is 0.134. The van der Waals surface area contributed by atoms with Crippen molar-refractivity contribution in [1.29, 1.82) is 0 Å². The summed E-state index contributed by atoms with van der Waals surface area (Å²) in [5.74, 6) is 0.0416. The van der Waals surface area contributed by atoms with Crippen molar-refractivity contribution in [2.75, 3.05) is 14.1 Å². The van der Waals surface area contributed by atoms with E-state index < -0.39 is 6.04 Å². The van der Waals surface area contributed by atoms with E-state index in [0.717, 1.165) is 0 Å². The maximum absolute atomic E-state index is 11.1. The average Bonchev–Trinajstić information content (AvgIpc) is 1.84. The zero-order valence-electron chi connectivity index (χ0n) is 7.59. The molecule has 0 aliphatic rings. The first-order valence-electron chi connectivity index (χ1n) is 3.68. The van der Waals surface area contributed by atoms with Gasteiger partial charge in [-0.15, -0.1) is 0 Å². The van der Waals surface area contributed by atoms with Crippen LogP contribution in [-0.4, -0.2) is 31.1 Å². The molecule has 1 atom stereocenters. The molecule has 11 heavy (non-hydrogen) atoms. The van der Waals surface area contributed by atoms with Crippen LogP contribution in [0.3, 0.4) is 0 Å². The zero-order chi connectivity index (χ0) is 9.02. The molecule has 4 heteroatoms. The van der Waals surface area contributed by atoms with Crippen LogP contribution in [0.5, 0.6) is 0 Å². The highest BCUT2D eigenvalue weighted by molar-refractivity contribution is 5.81. The number of rotatable bonds is 3. The van der Waals surface area contributed by atoms with Gasteiger partial charge in [-0.1, -0.05) is 13.8 Å². The average molecular weight is 159 g/mol. The smallest absolute Gasteiger partial charge is 0.251 e. The van der Waals surface area contributed by atoms with E-state index in [4.69, 9.17) is 5.73 Å². The van der Waals surface area contributed by atoms with Crippen molar-refractivity contribution in [3.05, 3.63) is 0 Å². The number of nitrogens with zero attached hydrogens (tertiary/aromatic N) is 1. The number of amides is 1.